The van der Waals surface area contributed by atoms with Crippen LogP contribution in [0.15, 0.2) is 14.6 Å². The number of carboxylic acids is 1. The number of thioether (sulfide) groups is 1. The Labute approximate surface area is 101 Å². The molecule has 1 rings (SSSR count). The highest BCUT2D eigenvalue weighted by atomic mass is 32.2. The molecule has 1 unspecified atom stereocenters. The molecule has 0 aliphatic carbocycles. The molecule has 0 radical (unpaired) electrons. The highest BCUT2D eigenvalue weighted by Gasteiger charge is 2.15. The molecule has 0 bridgehead atoms. The van der Waals surface area contributed by atoms with Gasteiger partial charge in [0.2, 0.25) is 0 Å². The van der Waals surface area contributed by atoms with E-state index in [-0.39, 0.29) is 16.7 Å². The quantitative estimate of drug-likeness (QED) is 0.728. The van der Waals surface area contributed by atoms with E-state index >= 15 is 0 Å². The fraction of sp³-hybridized carbons (Fsp3) is 0.556. The fourth-order valence-electron chi connectivity index (χ4n) is 1.22. The van der Waals surface area contributed by atoms with Crippen molar-refractivity contribution >= 4 is 17.7 Å². The van der Waals surface area contributed by atoms with E-state index < -0.39 is 17.2 Å². The van der Waals surface area contributed by atoms with Crippen molar-refractivity contribution in [2.24, 2.45) is 14.1 Å². The monoisotopic (exact) mass is 259 g/mol. The number of nitrogens with zero attached hydrogens (tertiary/aromatic N) is 3. The standard InChI is InChI=1S/C9H13N3O4S/c1-5(4-6(13)14)17-7-8(15)11(2)9(16)12(3)10-7/h5H,4H2,1-3H3,(H,13,14). The molecule has 0 spiro atoms. The van der Waals surface area contributed by atoms with Crippen LogP contribution in [0.25, 0.3) is 0 Å². The second kappa shape index (κ2) is 5.17. The van der Waals surface area contributed by atoms with Crippen LogP contribution in [0.2, 0.25) is 0 Å². The number of aliphatic carboxylic acids is 1. The molecule has 8 heteroatoms. The van der Waals surface area contributed by atoms with E-state index in [9.17, 15) is 14.4 Å². The average molecular weight is 259 g/mol. The number of aromatic nitrogens is 3. The maximum Gasteiger partial charge on any atom is 0.346 e. The van der Waals surface area contributed by atoms with Crippen molar-refractivity contribution < 1.29 is 9.90 Å². The van der Waals surface area contributed by atoms with Crippen molar-refractivity contribution in [1.29, 1.82) is 0 Å². The lowest BCUT2D eigenvalue weighted by atomic mass is 10.3. The molecule has 1 aromatic rings. The number of hydrogen-bond acceptors (Lipinski definition) is 5. The van der Waals surface area contributed by atoms with E-state index in [1.807, 2.05) is 0 Å². The van der Waals surface area contributed by atoms with E-state index in [1.54, 1.807) is 6.92 Å². The van der Waals surface area contributed by atoms with Crippen LogP contribution in [0, 0.1) is 0 Å². The van der Waals surface area contributed by atoms with Gasteiger partial charge in [-0.2, -0.15) is 5.10 Å². The maximum absolute atomic E-state index is 11.7. The molecule has 0 aromatic carbocycles. The van der Waals surface area contributed by atoms with Crippen LogP contribution >= 0.6 is 11.8 Å². The molecule has 0 aliphatic heterocycles. The average Bonchev–Trinajstić information content (AvgIpc) is 2.21. The van der Waals surface area contributed by atoms with Crippen molar-refractivity contribution in [2.45, 2.75) is 23.6 Å². The molecule has 0 amide bonds. The molecule has 1 aromatic heterocycles. The molecule has 0 aliphatic rings. The van der Waals surface area contributed by atoms with Gasteiger partial charge in [-0.05, 0) is 0 Å². The minimum atomic E-state index is -0.938. The smallest absolute Gasteiger partial charge is 0.346 e. The highest BCUT2D eigenvalue weighted by molar-refractivity contribution is 7.99. The summed E-state index contributed by atoms with van der Waals surface area (Å²) in [6.45, 7) is 1.69. The first-order valence-corrected chi connectivity index (χ1v) is 5.73. The third-order valence-corrected chi connectivity index (χ3v) is 3.12. The van der Waals surface area contributed by atoms with Crippen LogP contribution in [0.5, 0.6) is 0 Å². The largest absolute Gasteiger partial charge is 0.481 e. The van der Waals surface area contributed by atoms with Crippen molar-refractivity contribution in [3.63, 3.8) is 0 Å². The minimum absolute atomic E-state index is 0.0711. The second-order valence-electron chi connectivity index (χ2n) is 3.60. The van der Waals surface area contributed by atoms with Crippen LogP contribution in [0.1, 0.15) is 13.3 Å². The minimum Gasteiger partial charge on any atom is -0.481 e. The Balaban J connectivity index is 3.04. The van der Waals surface area contributed by atoms with Gasteiger partial charge in [-0.15, -0.1) is 0 Å². The number of hydrogen-bond donors (Lipinski definition) is 1. The first-order chi connectivity index (χ1) is 7.82. The second-order valence-corrected chi connectivity index (χ2v) is 5.03. The van der Waals surface area contributed by atoms with Crippen LogP contribution in [-0.2, 0) is 18.9 Å². The molecule has 1 heterocycles. The molecule has 94 valence electrons. The third-order valence-electron chi connectivity index (χ3n) is 2.07. The van der Waals surface area contributed by atoms with E-state index in [0.29, 0.717) is 0 Å². The van der Waals surface area contributed by atoms with E-state index in [1.165, 1.54) is 14.1 Å². The van der Waals surface area contributed by atoms with Gasteiger partial charge < -0.3 is 5.11 Å². The van der Waals surface area contributed by atoms with E-state index in [0.717, 1.165) is 21.0 Å². The van der Waals surface area contributed by atoms with Crippen molar-refractivity contribution in [3.05, 3.63) is 20.8 Å². The molecular weight excluding hydrogens is 246 g/mol. The molecule has 17 heavy (non-hydrogen) atoms. The number of aryl methyl sites for hydroxylation is 1. The van der Waals surface area contributed by atoms with Gasteiger partial charge in [0.05, 0.1) is 6.42 Å². The third kappa shape index (κ3) is 3.19. The van der Waals surface area contributed by atoms with Crippen LogP contribution in [0.4, 0.5) is 0 Å². The summed E-state index contributed by atoms with van der Waals surface area (Å²) in [5.41, 5.74) is -1.01. The predicted molar refractivity (Wildman–Crippen MR) is 62.3 cm³/mol. The molecule has 7 nitrogen and oxygen atoms in total. The van der Waals surface area contributed by atoms with Gasteiger partial charge in [0.1, 0.15) is 0 Å². The Hall–Kier alpha value is -1.57. The fourth-order valence-corrected chi connectivity index (χ4v) is 2.24. The SMILES string of the molecule is CC(CC(=O)O)Sc1nn(C)c(=O)n(C)c1=O. The topological polar surface area (TPSA) is 94.2 Å². The van der Waals surface area contributed by atoms with Gasteiger partial charge >= 0.3 is 11.7 Å². The Bertz CT molecular complexity index is 548. The Morgan fingerprint density at radius 3 is 2.59 bits per heavy atom. The normalized spacial score (nSPS) is 12.4. The summed E-state index contributed by atoms with van der Waals surface area (Å²) in [5.74, 6) is -0.938. The summed E-state index contributed by atoms with van der Waals surface area (Å²) in [6, 6.07) is 0. The first kappa shape index (κ1) is 13.5. The Kier molecular flexibility index (Phi) is 4.11. The lowest BCUT2D eigenvalue weighted by Crippen LogP contribution is -2.39. The molecule has 0 fully saturated rings. The van der Waals surface area contributed by atoms with Gasteiger partial charge in [0.25, 0.3) is 5.56 Å². The highest BCUT2D eigenvalue weighted by Crippen LogP contribution is 2.19. The summed E-state index contributed by atoms with van der Waals surface area (Å²) >= 11 is 1.05. The van der Waals surface area contributed by atoms with E-state index in [2.05, 4.69) is 5.10 Å². The zero-order valence-electron chi connectivity index (χ0n) is 9.71. The number of carboxylic acid groups (broad SMARTS) is 1. The lowest BCUT2D eigenvalue weighted by Gasteiger charge is -2.08. The summed E-state index contributed by atoms with van der Waals surface area (Å²) in [6.07, 6.45) is -0.0711. The summed E-state index contributed by atoms with van der Waals surface area (Å²) in [4.78, 5) is 33.5. The van der Waals surface area contributed by atoms with Crippen molar-refractivity contribution in [1.82, 2.24) is 14.3 Å². The van der Waals surface area contributed by atoms with Gasteiger partial charge in [-0.1, -0.05) is 18.7 Å². The van der Waals surface area contributed by atoms with Crippen molar-refractivity contribution in [3.8, 4) is 0 Å². The molecule has 0 saturated carbocycles. The van der Waals surface area contributed by atoms with Crippen molar-refractivity contribution in [2.75, 3.05) is 0 Å². The van der Waals surface area contributed by atoms with Crippen LogP contribution in [0.3, 0.4) is 0 Å². The van der Waals surface area contributed by atoms with Gasteiger partial charge in [-0.3, -0.25) is 14.2 Å². The van der Waals surface area contributed by atoms with Gasteiger partial charge in [0.15, 0.2) is 5.03 Å². The summed E-state index contributed by atoms with van der Waals surface area (Å²) < 4.78 is 2.00. The number of rotatable bonds is 4. The molecule has 0 saturated heterocycles. The molecular formula is C9H13N3O4S. The van der Waals surface area contributed by atoms with Gasteiger partial charge in [-0.25, -0.2) is 9.48 Å². The zero-order valence-corrected chi connectivity index (χ0v) is 10.5. The van der Waals surface area contributed by atoms with Crippen LogP contribution < -0.4 is 11.2 Å². The molecule has 1 N–H and O–H groups in total. The molecule has 1 atom stereocenters. The van der Waals surface area contributed by atoms with Gasteiger partial charge in [0, 0.05) is 19.3 Å². The number of carbonyl (C=O) groups is 1. The van der Waals surface area contributed by atoms with E-state index in [4.69, 9.17) is 5.11 Å². The zero-order chi connectivity index (χ0) is 13.2. The predicted octanol–water partition coefficient (Wildman–Crippen LogP) is -0.566. The lowest BCUT2D eigenvalue weighted by molar-refractivity contribution is -0.136. The first-order valence-electron chi connectivity index (χ1n) is 4.85. The Morgan fingerprint density at radius 2 is 2.06 bits per heavy atom. The Morgan fingerprint density at radius 1 is 1.47 bits per heavy atom. The maximum atomic E-state index is 11.7. The summed E-state index contributed by atoms with van der Waals surface area (Å²) in [5, 5.41) is 12.3. The van der Waals surface area contributed by atoms with Crippen LogP contribution in [-0.4, -0.2) is 30.7 Å². The summed E-state index contributed by atoms with van der Waals surface area (Å²) in [7, 11) is 2.80.